The molecular weight excluding hydrogens is 319 g/mol. The zero-order valence-electron chi connectivity index (χ0n) is 10.4. The number of aliphatic carboxylic acids is 1. The number of hydrogen-bond donors (Lipinski definition) is 1. The van der Waals surface area contributed by atoms with Gasteiger partial charge in [0, 0.05) is 23.4 Å². The predicted molar refractivity (Wildman–Crippen MR) is 77.7 cm³/mol. The molecule has 0 aliphatic heterocycles. The molecule has 0 radical (unpaired) electrons. The van der Waals surface area contributed by atoms with Crippen molar-refractivity contribution in [2.45, 2.75) is 6.42 Å². The van der Waals surface area contributed by atoms with Crippen LogP contribution in [0.4, 0.5) is 5.69 Å². The quantitative estimate of drug-likeness (QED) is 0.684. The van der Waals surface area contributed by atoms with Gasteiger partial charge in [0.15, 0.2) is 0 Å². The maximum atomic E-state index is 11.1. The van der Waals surface area contributed by atoms with E-state index in [1.807, 2.05) is 0 Å². The van der Waals surface area contributed by atoms with Crippen molar-refractivity contribution >= 4 is 34.9 Å². The molecule has 0 atom stereocenters. The SMILES string of the molecule is O=C(O)Cc1ncc(-c2cccc(Cl)c2Cl)cc1[N+](=O)[O-]. The van der Waals surface area contributed by atoms with Crippen LogP contribution in [0.2, 0.25) is 10.0 Å². The Morgan fingerprint density at radius 3 is 2.71 bits per heavy atom. The monoisotopic (exact) mass is 326 g/mol. The summed E-state index contributed by atoms with van der Waals surface area (Å²) in [5.74, 6) is -1.20. The summed E-state index contributed by atoms with van der Waals surface area (Å²) in [6.07, 6.45) is 0.808. The number of aromatic nitrogens is 1. The molecule has 0 spiro atoms. The van der Waals surface area contributed by atoms with Crippen LogP contribution in [0.25, 0.3) is 11.1 Å². The Bertz CT molecular complexity index is 734. The molecular formula is C13H8Cl2N2O4. The smallest absolute Gasteiger partial charge is 0.309 e. The highest BCUT2D eigenvalue weighted by Gasteiger charge is 2.20. The second kappa shape index (κ2) is 6.07. The maximum Gasteiger partial charge on any atom is 0.309 e. The Morgan fingerprint density at radius 1 is 1.38 bits per heavy atom. The highest BCUT2D eigenvalue weighted by atomic mass is 35.5. The third kappa shape index (κ3) is 3.29. The first-order valence-electron chi connectivity index (χ1n) is 5.69. The molecule has 0 amide bonds. The van der Waals surface area contributed by atoms with Gasteiger partial charge in [-0.1, -0.05) is 35.3 Å². The molecule has 6 nitrogen and oxygen atoms in total. The molecule has 8 heteroatoms. The van der Waals surface area contributed by atoms with Crippen LogP contribution in [-0.2, 0) is 11.2 Å². The van der Waals surface area contributed by atoms with Crippen LogP contribution in [0.5, 0.6) is 0 Å². The van der Waals surface area contributed by atoms with Crippen LogP contribution in [0.1, 0.15) is 5.69 Å². The number of carboxylic acids is 1. The number of pyridine rings is 1. The van der Waals surface area contributed by atoms with Gasteiger partial charge >= 0.3 is 5.97 Å². The van der Waals surface area contributed by atoms with Gasteiger partial charge in [-0.05, 0) is 6.07 Å². The fourth-order valence-corrected chi connectivity index (χ4v) is 2.20. The first kappa shape index (κ1) is 15.2. The molecule has 2 rings (SSSR count). The van der Waals surface area contributed by atoms with E-state index in [0.29, 0.717) is 16.1 Å². The topological polar surface area (TPSA) is 93.3 Å². The first-order valence-corrected chi connectivity index (χ1v) is 6.45. The lowest BCUT2D eigenvalue weighted by Gasteiger charge is -2.07. The second-order valence-electron chi connectivity index (χ2n) is 4.12. The zero-order valence-corrected chi connectivity index (χ0v) is 11.9. The molecule has 1 heterocycles. The van der Waals surface area contributed by atoms with Crippen molar-refractivity contribution in [3.63, 3.8) is 0 Å². The van der Waals surface area contributed by atoms with Crippen LogP contribution < -0.4 is 0 Å². The van der Waals surface area contributed by atoms with Crippen molar-refractivity contribution < 1.29 is 14.8 Å². The summed E-state index contributed by atoms with van der Waals surface area (Å²) < 4.78 is 0. The largest absolute Gasteiger partial charge is 0.481 e. The van der Waals surface area contributed by atoms with Crippen molar-refractivity contribution in [2.75, 3.05) is 0 Å². The van der Waals surface area contributed by atoms with Crippen molar-refractivity contribution in [1.29, 1.82) is 0 Å². The lowest BCUT2D eigenvalue weighted by atomic mass is 10.1. The average Bonchev–Trinajstić information content (AvgIpc) is 2.41. The molecule has 0 fully saturated rings. The van der Waals surface area contributed by atoms with Gasteiger partial charge in [-0.15, -0.1) is 0 Å². The fourth-order valence-electron chi connectivity index (χ4n) is 1.79. The standard InChI is InChI=1S/C13H8Cl2N2O4/c14-9-3-1-2-8(13(9)15)7-4-11(17(20)21)10(16-6-7)5-12(18)19/h1-4,6H,5H2,(H,18,19). The van der Waals surface area contributed by atoms with Crippen LogP contribution in [0, 0.1) is 10.1 Å². The molecule has 0 saturated carbocycles. The molecule has 0 aliphatic rings. The van der Waals surface area contributed by atoms with Crippen molar-refractivity contribution in [3.8, 4) is 11.1 Å². The summed E-state index contributed by atoms with van der Waals surface area (Å²) in [5.41, 5.74) is 0.394. The Balaban J connectivity index is 2.57. The minimum atomic E-state index is -1.20. The van der Waals surface area contributed by atoms with Crippen molar-refractivity contribution in [3.05, 3.63) is 56.3 Å². The molecule has 0 bridgehead atoms. The summed E-state index contributed by atoms with van der Waals surface area (Å²) in [7, 11) is 0. The number of carbonyl (C=O) groups is 1. The molecule has 0 unspecified atom stereocenters. The fraction of sp³-hybridized carbons (Fsp3) is 0.0769. The van der Waals surface area contributed by atoms with Gasteiger partial charge in [0.2, 0.25) is 0 Å². The zero-order chi connectivity index (χ0) is 15.6. The van der Waals surface area contributed by atoms with Crippen LogP contribution in [0.15, 0.2) is 30.5 Å². The summed E-state index contributed by atoms with van der Waals surface area (Å²) in [5, 5.41) is 20.4. The average molecular weight is 327 g/mol. The third-order valence-electron chi connectivity index (χ3n) is 2.73. The van der Waals surface area contributed by atoms with Gasteiger partial charge in [0.25, 0.3) is 5.69 Å². The lowest BCUT2D eigenvalue weighted by Crippen LogP contribution is -2.06. The van der Waals surface area contributed by atoms with E-state index >= 15 is 0 Å². The third-order valence-corrected chi connectivity index (χ3v) is 3.54. The molecule has 108 valence electrons. The van der Waals surface area contributed by atoms with Crippen molar-refractivity contribution in [1.82, 2.24) is 4.98 Å². The number of rotatable bonds is 4. The number of nitro groups is 1. The van der Waals surface area contributed by atoms with Crippen LogP contribution in [0.3, 0.4) is 0 Å². The number of nitrogens with zero attached hydrogens (tertiary/aromatic N) is 2. The Hall–Kier alpha value is -2.18. The van der Waals surface area contributed by atoms with Gasteiger partial charge in [0.1, 0.15) is 5.69 Å². The number of benzene rings is 1. The molecule has 2 aromatic rings. The number of halogens is 2. The lowest BCUT2D eigenvalue weighted by molar-refractivity contribution is -0.385. The Labute approximate surface area is 129 Å². The summed E-state index contributed by atoms with van der Waals surface area (Å²) in [4.78, 5) is 24.9. The Morgan fingerprint density at radius 2 is 2.10 bits per heavy atom. The summed E-state index contributed by atoms with van der Waals surface area (Å²) >= 11 is 12.0. The number of hydrogen-bond acceptors (Lipinski definition) is 4. The minimum absolute atomic E-state index is 0.116. The van der Waals surface area contributed by atoms with E-state index < -0.39 is 17.3 Å². The van der Waals surface area contributed by atoms with Gasteiger partial charge in [-0.2, -0.15) is 0 Å². The number of carboxylic acid groups (broad SMARTS) is 1. The molecule has 0 aliphatic carbocycles. The highest BCUT2D eigenvalue weighted by Crippen LogP contribution is 2.35. The molecule has 1 N–H and O–H groups in total. The van der Waals surface area contributed by atoms with Crippen molar-refractivity contribution in [2.24, 2.45) is 0 Å². The van der Waals surface area contributed by atoms with Crippen LogP contribution >= 0.6 is 23.2 Å². The molecule has 1 aromatic heterocycles. The van der Waals surface area contributed by atoms with E-state index in [1.54, 1.807) is 18.2 Å². The predicted octanol–water partition coefficient (Wildman–Crippen LogP) is 3.59. The first-order chi connectivity index (χ1) is 9.90. The molecule has 21 heavy (non-hydrogen) atoms. The van der Waals surface area contributed by atoms with E-state index in [-0.39, 0.29) is 16.4 Å². The van der Waals surface area contributed by atoms with E-state index in [4.69, 9.17) is 28.3 Å². The highest BCUT2D eigenvalue weighted by molar-refractivity contribution is 6.43. The molecule has 1 aromatic carbocycles. The summed E-state index contributed by atoms with van der Waals surface area (Å²) in [6.45, 7) is 0. The molecule has 0 saturated heterocycles. The van der Waals surface area contributed by atoms with E-state index in [2.05, 4.69) is 4.98 Å². The van der Waals surface area contributed by atoms with Gasteiger partial charge in [0.05, 0.1) is 21.4 Å². The van der Waals surface area contributed by atoms with Crippen LogP contribution in [-0.4, -0.2) is 21.0 Å². The van der Waals surface area contributed by atoms with Gasteiger partial charge < -0.3 is 5.11 Å². The van der Waals surface area contributed by atoms with E-state index in [9.17, 15) is 14.9 Å². The Kier molecular flexibility index (Phi) is 4.40. The maximum absolute atomic E-state index is 11.1. The van der Waals surface area contributed by atoms with E-state index in [0.717, 1.165) is 0 Å². The van der Waals surface area contributed by atoms with E-state index in [1.165, 1.54) is 12.3 Å². The normalized spacial score (nSPS) is 10.4. The summed E-state index contributed by atoms with van der Waals surface area (Å²) in [6, 6.07) is 6.13. The second-order valence-corrected chi connectivity index (χ2v) is 4.90. The van der Waals surface area contributed by atoms with Gasteiger partial charge in [-0.3, -0.25) is 19.9 Å². The minimum Gasteiger partial charge on any atom is -0.481 e. The van der Waals surface area contributed by atoms with Gasteiger partial charge in [-0.25, -0.2) is 0 Å².